The van der Waals surface area contributed by atoms with E-state index in [4.69, 9.17) is 9.15 Å². The zero-order valence-electron chi connectivity index (χ0n) is 12.8. The molecule has 1 heterocycles. The molecular weight excluding hydrogens is 368 g/mol. The van der Waals surface area contributed by atoms with Gasteiger partial charge in [0.15, 0.2) is 10.8 Å². The van der Waals surface area contributed by atoms with Gasteiger partial charge in [-0.05, 0) is 47.8 Å². The summed E-state index contributed by atoms with van der Waals surface area (Å²) in [6, 6.07) is 2.49. The van der Waals surface area contributed by atoms with Crippen LogP contribution in [-0.4, -0.2) is 30.1 Å². The lowest BCUT2D eigenvalue weighted by Crippen LogP contribution is -2.48. The molecule has 3 amide bonds. The van der Waals surface area contributed by atoms with Crippen molar-refractivity contribution in [2.45, 2.75) is 51.2 Å². The van der Waals surface area contributed by atoms with Crippen molar-refractivity contribution in [1.82, 2.24) is 10.6 Å². The summed E-state index contributed by atoms with van der Waals surface area (Å²) in [6.07, 6.45) is 4.05. The molecule has 0 bridgehead atoms. The Kier molecular flexibility index (Phi) is 6.20. The van der Waals surface area contributed by atoms with Crippen molar-refractivity contribution >= 4 is 33.8 Å². The number of carbonyl (C=O) groups excluding carboxylic acids is 3. The molecule has 7 nitrogen and oxygen atoms in total. The molecule has 0 aromatic carbocycles. The molecule has 2 rings (SSSR count). The van der Waals surface area contributed by atoms with Crippen LogP contribution in [0.3, 0.4) is 0 Å². The minimum absolute atomic E-state index is 0.0248. The Balaban J connectivity index is 1.77. The van der Waals surface area contributed by atoms with Crippen molar-refractivity contribution in [1.29, 1.82) is 0 Å². The predicted octanol–water partition coefficient (Wildman–Crippen LogP) is 2.75. The zero-order chi connectivity index (χ0) is 16.8. The van der Waals surface area contributed by atoms with Crippen LogP contribution in [0.15, 0.2) is 21.2 Å². The topological polar surface area (TPSA) is 97.6 Å². The second-order valence-corrected chi connectivity index (χ2v) is 6.23. The van der Waals surface area contributed by atoms with E-state index in [0.717, 1.165) is 25.7 Å². The molecule has 1 aromatic heterocycles. The van der Waals surface area contributed by atoms with Crippen molar-refractivity contribution in [3.8, 4) is 0 Å². The molecule has 0 spiro atoms. The van der Waals surface area contributed by atoms with E-state index >= 15 is 0 Å². The first-order valence-corrected chi connectivity index (χ1v) is 8.32. The monoisotopic (exact) mass is 386 g/mol. The van der Waals surface area contributed by atoms with Gasteiger partial charge in [-0.3, -0.25) is 10.1 Å². The largest absolute Gasteiger partial charge is 0.447 e. The Labute approximate surface area is 142 Å². The molecule has 1 aliphatic rings. The number of halogens is 1. The molecule has 1 aliphatic carbocycles. The van der Waals surface area contributed by atoms with Gasteiger partial charge in [0, 0.05) is 6.04 Å². The van der Waals surface area contributed by atoms with Crippen LogP contribution in [0.5, 0.6) is 0 Å². The number of urea groups is 1. The minimum atomic E-state index is -1.11. The summed E-state index contributed by atoms with van der Waals surface area (Å²) in [5.41, 5.74) is 0. The van der Waals surface area contributed by atoms with Gasteiger partial charge in [0.25, 0.3) is 5.91 Å². The number of imide groups is 1. The highest BCUT2D eigenvalue weighted by Gasteiger charge is 2.23. The molecule has 126 valence electrons. The van der Waals surface area contributed by atoms with Gasteiger partial charge in [0.1, 0.15) is 0 Å². The third-order valence-corrected chi connectivity index (χ3v) is 4.03. The summed E-state index contributed by atoms with van der Waals surface area (Å²) in [5.74, 6) is -1.48. The van der Waals surface area contributed by atoms with Gasteiger partial charge in [0.2, 0.25) is 5.76 Å². The minimum Gasteiger partial charge on any atom is -0.447 e. The Morgan fingerprint density at radius 1 is 1.26 bits per heavy atom. The molecule has 1 aromatic rings. The SMILES string of the molecule is C[C@@H](OC(=O)c1ccc(Br)o1)C(=O)NC(=O)NC1CCCCC1. The van der Waals surface area contributed by atoms with Gasteiger partial charge in [-0.25, -0.2) is 9.59 Å². The summed E-state index contributed by atoms with van der Waals surface area (Å²) in [4.78, 5) is 35.4. The maximum absolute atomic E-state index is 11.9. The Hall–Kier alpha value is -1.83. The number of nitrogens with one attached hydrogen (secondary N) is 2. The van der Waals surface area contributed by atoms with Crippen LogP contribution in [0.1, 0.15) is 49.6 Å². The Morgan fingerprint density at radius 2 is 1.96 bits per heavy atom. The zero-order valence-corrected chi connectivity index (χ0v) is 14.4. The van der Waals surface area contributed by atoms with Crippen LogP contribution in [0.2, 0.25) is 0 Å². The summed E-state index contributed by atoms with van der Waals surface area (Å²) in [5, 5.41) is 4.94. The molecule has 0 saturated heterocycles. The molecule has 0 unspecified atom stereocenters. The smallest absolute Gasteiger partial charge is 0.375 e. The summed E-state index contributed by atoms with van der Waals surface area (Å²) in [6.45, 7) is 1.39. The highest BCUT2D eigenvalue weighted by Crippen LogP contribution is 2.17. The quantitative estimate of drug-likeness (QED) is 0.775. The summed E-state index contributed by atoms with van der Waals surface area (Å²) < 4.78 is 10.4. The van der Waals surface area contributed by atoms with E-state index in [1.54, 1.807) is 6.07 Å². The fraction of sp³-hybridized carbons (Fsp3) is 0.533. The molecule has 2 N–H and O–H groups in total. The Bertz CT molecular complexity index is 580. The number of hydrogen-bond donors (Lipinski definition) is 2. The molecule has 8 heteroatoms. The van der Waals surface area contributed by atoms with E-state index in [1.807, 2.05) is 0 Å². The number of esters is 1. The Morgan fingerprint density at radius 3 is 2.57 bits per heavy atom. The highest BCUT2D eigenvalue weighted by molar-refractivity contribution is 9.10. The van der Waals surface area contributed by atoms with E-state index in [9.17, 15) is 14.4 Å². The van der Waals surface area contributed by atoms with E-state index < -0.39 is 24.0 Å². The van der Waals surface area contributed by atoms with Crippen molar-refractivity contribution in [2.24, 2.45) is 0 Å². The van der Waals surface area contributed by atoms with Crippen LogP contribution < -0.4 is 10.6 Å². The first-order chi connectivity index (χ1) is 11.0. The van der Waals surface area contributed by atoms with Gasteiger partial charge < -0.3 is 14.5 Å². The summed E-state index contributed by atoms with van der Waals surface area (Å²) >= 11 is 3.07. The molecule has 1 saturated carbocycles. The van der Waals surface area contributed by atoms with Crippen molar-refractivity contribution in [3.05, 3.63) is 22.6 Å². The number of amides is 3. The lowest BCUT2D eigenvalue weighted by molar-refractivity contribution is -0.128. The number of furan rings is 1. The van der Waals surface area contributed by atoms with Crippen LogP contribution in [0.25, 0.3) is 0 Å². The molecule has 0 aliphatic heterocycles. The van der Waals surface area contributed by atoms with Crippen LogP contribution in [-0.2, 0) is 9.53 Å². The number of hydrogen-bond acceptors (Lipinski definition) is 5. The van der Waals surface area contributed by atoms with Crippen LogP contribution in [0, 0.1) is 0 Å². The van der Waals surface area contributed by atoms with Crippen LogP contribution >= 0.6 is 15.9 Å². The predicted molar refractivity (Wildman–Crippen MR) is 84.8 cm³/mol. The first kappa shape index (κ1) is 17.5. The third kappa shape index (κ3) is 5.38. The fourth-order valence-corrected chi connectivity index (χ4v) is 2.68. The van der Waals surface area contributed by atoms with Crippen molar-refractivity contribution < 1.29 is 23.5 Å². The van der Waals surface area contributed by atoms with Gasteiger partial charge in [0.05, 0.1) is 0 Å². The van der Waals surface area contributed by atoms with Gasteiger partial charge in [-0.1, -0.05) is 19.3 Å². The number of rotatable bonds is 4. The van der Waals surface area contributed by atoms with Gasteiger partial charge in [-0.2, -0.15) is 0 Å². The molecule has 23 heavy (non-hydrogen) atoms. The van der Waals surface area contributed by atoms with Crippen LogP contribution in [0.4, 0.5) is 4.79 Å². The maximum atomic E-state index is 11.9. The lowest BCUT2D eigenvalue weighted by atomic mass is 9.96. The van der Waals surface area contributed by atoms with E-state index in [-0.39, 0.29) is 11.8 Å². The second kappa shape index (κ2) is 8.14. The third-order valence-electron chi connectivity index (χ3n) is 3.60. The number of ether oxygens (including phenoxy) is 1. The van der Waals surface area contributed by atoms with Crippen molar-refractivity contribution in [2.75, 3.05) is 0 Å². The lowest BCUT2D eigenvalue weighted by Gasteiger charge is -2.23. The maximum Gasteiger partial charge on any atom is 0.375 e. The van der Waals surface area contributed by atoms with Crippen molar-refractivity contribution in [3.63, 3.8) is 0 Å². The average Bonchev–Trinajstić information content (AvgIpc) is 2.94. The summed E-state index contributed by atoms with van der Waals surface area (Å²) in [7, 11) is 0. The van der Waals surface area contributed by atoms with E-state index in [2.05, 4.69) is 26.6 Å². The van der Waals surface area contributed by atoms with E-state index in [0.29, 0.717) is 4.67 Å². The normalized spacial score (nSPS) is 16.4. The molecule has 0 radical (unpaired) electrons. The molecule has 1 fully saturated rings. The van der Waals surface area contributed by atoms with Gasteiger partial charge in [-0.15, -0.1) is 0 Å². The molecular formula is C15H19BrN2O5. The standard InChI is InChI=1S/C15H19BrN2O5/c1-9(22-14(20)11-7-8-12(16)23-11)13(19)18-15(21)17-10-5-3-2-4-6-10/h7-10H,2-6H2,1H3,(H2,17,18,19,21)/t9-/m1/s1. The highest BCUT2D eigenvalue weighted by atomic mass is 79.9. The first-order valence-electron chi connectivity index (χ1n) is 7.53. The molecule has 1 atom stereocenters. The van der Waals surface area contributed by atoms with E-state index in [1.165, 1.54) is 19.4 Å². The van der Waals surface area contributed by atoms with Gasteiger partial charge >= 0.3 is 12.0 Å². The number of carbonyl (C=O) groups is 3. The second-order valence-electron chi connectivity index (χ2n) is 5.45. The fourth-order valence-electron chi connectivity index (χ4n) is 2.38. The average molecular weight is 387 g/mol.